The average molecular weight is 329 g/mol. The maximum atomic E-state index is 11.5. The second kappa shape index (κ2) is 7.55. The first-order chi connectivity index (χ1) is 9.45. The predicted octanol–water partition coefficient (Wildman–Crippen LogP) is 1.83. The van der Waals surface area contributed by atoms with Gasteiger partial charge in [-0.3, -0.25) is 4.79 Å². The Morgan fingerprint density at radius 3 is 2.00 bits per heavy atom. The lowest BCUT2D eigenvalue weighted by molar-refractivity contribution is -0.135. The highest BCUT2D eigenvalue weighted by atomic mass is 32.2. The molecule has 0 saturated carbocycles. The monoisotopic (exact) mass is 329 g/mol. The highest BCUT2D eigenvalue weighted by Crippen LogP contribution is 2.15. The number of sulfonamides is 1. The number of nitrogens with one attached hydrogen (secondary N) is 1. The van der Waals surface area contributed by atoms with Crippen LogP contribution in [0, 0.1) is 5.39 Å². The molecule has 0 aromatic heterocycles. The van der Waals surface area contributed by atoms with Crippen molar-refractivity contribution in [2.24, 2.45) is 0 Å². The van der Waals surface area contributed by atoms with Gasteiger partial charge in [0.2, 0.25) is 15.4 Å². The zero-order chi connectivity index (χ0) is 16.7. The normalized spacial score (nSPS) is 11.0. The summed E-state index contributed by atoms with van der Waals surface area (Å²) in [6.07, 6.45) is 0. The number of benzene rings is 1. The fraction of sp³-hybridized carbons (Fsp3) is 0.125. The quantitative estimate of drug-likeness (QED) is 0.497. The van der Waals surface area contributed by atoms with Gasteiger partial charge in [-0.25, -0.2) is 8.42 Å². The van der Waals surface area contributed by atoms with Crippen LogP contribution in [0.4, 0.5) is 23.0 Å². The van der Waals surface area contributed by atoms with Crippen LogP contribution >= 0.6 is 0 Å². The molecule has 0 heterocycles. The van der Waals surface area contributed by atoms with Gasteiger partial charge in [-0.05, 0) is 12.1 Å². The Morgan fingerprint density at radius 2 is 1.67 bits per heavy atom. The largest absolute Gasteiger partial charge is 0.673 e. The molecule has 2 N–H and O–H groups in total. The number of carbonyl (C=O) groups is 1. The zero-order valence-corrected chi connectivity index (χ0v) is 10.9. The molecule has 0 unspecified atom stereocenters. The molecule has 0 radical (unpaired) electrons. The van der Waals surface area contributed by atoms with E-state index >= 15 is 0 Å². The van der Waals surface area contributed by atoms with Crippen LogP contribution in [0.3, 0.4) is 0 Å². The van der Waals surface area contributed by atoms with Gasteiger partial charge in [0.25, 0.3) is 0 Å². The second-order valence-electron chi connectivity index (χ2n) is 3.31. The van der Waals surface area contributed by atoms with Crippen molar-refractivity contribution in [3.05, 3.63) is 29.2 Å². The van der Waals surface area contributed by atoms with Gasteiger partial charge in [0, 0.05) is 12.1 Å². The van der Waals surface area contributed by atoms with Gasteiger partial charge in [0.15, 0.2) is 4.98 Å². The highest BCUT2D eigenvalue weighted by Gasteiger charge is 2.20. The van der Waals surface area contributed by atoms with Crippen LogP contribution in [0.25, 0.3) is 4.98 Å². The van der Waals surface area contributed by atoms with Crippen LogP contribution in [-0.4, -0.2) is 33.3 Å². The molecule has 7 nitrogen and oxygen atoms in total. The number of diazo groups is 1. The van der Waals surface area contributed by atoms with E-state index in [1.165, 1.54) is 24.3 Å². The summed E-state index contributed by atoms with van der Waals surface area (Å²) in [5, 5.41) is 16.7. The Hall–Kier alpha value is -2.20. The van der Waals surface area contributed by atoms with E-state index in [0.717, 1.165) is 0 Å². The summed E-state index contributed by atoms with van der Waals surface area (Å²) in [7, 11) is -9.83. The molecule has 21 heavy (non-hydrogen) atoms. The zero-order valence-electron chi connectivity index (χ0n) is 10.1. The van der Waals surface area contributed by atoms with Crippen LogP contribution in [-0.2, 0) is 14.8 Å². The number of rotatable bonds is 4. The van der Waals surface area contributed by atoms with E-state index < -0.39 is 29.8 Å². The molecule has 1 aromatic carbocycles. The lowest BCUT2D eigenvalue weighted by Crippen LogP contribution is -2.29. The molecular weight excluding hydrogens is 321 g/mol. The highest BCUT2D eigenvalue weighted by molar-refractivity contribution is 7.89. The molecule has 1 rings (SSSR count). The summed E-state index contributed by atoms with van der Waals surface area (Å²) in [5.41, 5.74) is 0.206. The molecule has 0 bridgehead atoms. The summed E-state index contributed by atoms with van der Waals surface area (Å²) in [6, 6.07) is 4.99. The molecule has 13 heteroatoms. The Morgan fingerprint density at radius 1 is 1.24 bits per heavy atom. The van der Waals surface area contributed by atoms with Gasteiger partial charge in [0.1, 0.15) is 6.54 Å². The summed E-state index contributed by atoms with van der Waals surface area (Å²) >= 11 is 0. The molecule has 0 fully saturated rings. The van der Waals surface area contributed by atoms with Crippen LogP contribution in [0.15, 0.2) is 29.2 Å². The van der Waals surface area contributed by atoms with E-state index in [-0.39, 0.29) is 10.6 Å². The third kappa shape index (κ3) is 9.35. The maximum Gasteiger partial charge on any atom is 0.673 e. The fourth-order valence-electron chi connectivity index (χ4n) is 0.932. The molecule has 0 aliphatic rings. The number of halogens is 4. The number of nitrogens with zero attached hydrogens (tertiary/aromatic N) is 2. The number of hydrogen-bond donors (Lipinski definition) is 2. The molecule has 0 atom stereocenters. The van der Waals surface area contributed by atoms with Crippen molar-refractivity contribution in [1.82, 2.24) is 4.72 Å². The third-order valence-electron chi connectivity index (χ3n) is 1.68. The fourth-order valence-corrected chi connectivity index (χ4v) is 1.91. The van der Waals surface area contributed by atoms with Crippen molar-refractivity contribution in [2.75, 3.05) is 6.54 Å². The summed E-state index contributed by atoms with van der Waals surface area (Å²) in [5.74, 6) is -1.27. The number of carboxylic acids is 1. The lowest BCUT2D eigenvalue weighted by Gasteiger charge is -2.02. The topological polar surface area (TPSA) is 112 Å². The van der Waals surface area contributed by atoms with Gasteiger partial charge >= 0.3 is 18.9 Å². The smallest absolute Gasteiger partial charge is 0.480 e. The first kappa shape index (κ1) is 18.8. The average Bonchev–Trinajstić information content (AvgIpc) is 2.35. The van der Waals surface area contributed by atoms with E-state index in [2.05, 4.69) is 4.98 Å². The molecular formula is C8H8BF4N3O4S. The van der Waals surface area contributed by atoms with Crippen LogP contribution in [0.1, 0.15) is 0 Å². The van der Waals surface area contributed by atoms with Crippen molar-refractivity contribution >= 4 is 28.9 Å². The number of aliphatic carboxylic acids is 1. The molecule has 0 amide bonds. The Labute approximate surface area is 116 Å². The van der Waals surface area contributed by atoms with Crippen molar-refractivity contribution in [3.8, 4) is 0 Å². The van der Waals surface area contributed by atoms with Gasteiger partial charge in [0.05, 0.1) is 4.90 Å². The lowest BCUT2D eigenvalue weighted by atomic mass is 10.3. The minimum absolute atomic E-state index is 0.0962. The van der Waals surface area contributed by atoms with E-state index in [0.29, 0.717) is 0 Å². The summed E-state index contributed by atoms with van der Waals surface area (Å²) in [4.78, 5) is 13.0. The van der Waals surface area contributed by atoms with Crippen molar-refractivity contribution in [2.45, 2.75) is 4.90 Å². The minimum Gasteiger partial charge on any atom is -0.480 e. The maximum absolute atomic E-state index is 11.5. The predicted molar refractivity (Wildman–Crippen MR) is 64.2 cm³/mol. The standard InChI is InChI=1S/C8H7N3O4S.BF4/c9-11-6-1-3-7(4-2-6)16(14,15)10-5-8(12)13;2-1(3,4)5/h1-4,10H,5H2;/q;-1/p+1. The molecule has 116 valence electrons. The summed E-state index contributed by atoms with van der Waals surface area (Å²) in [6.45, 7) is -0.686. The van der Waals surface area contributed by atoms with Crippen molar-refractivity contribution in [3.63, 3.8) is 0 Å². The van der Waals surface area contributed by atoms with Gasteiger partial charge in [-0.2, -0.15) is 4.72 Å². The Balaban J connectivity index is 0.000000690. The molecule has 0 spiro atoms. The van der Waals surface area contributed by atoms with Crippen molar-refractivity contribution < 1.29 is 35.6 Å². The molecule has 0 aliphatic carbocycles. The Kier molecular flexibility index (Phi) is 6.76. The number of carboxylic acid groups (broad SMARTS) is 1. The SMILES string of the molecule is F[B-](F)(F)F.N#[N+]c1ccc(S(=O)(=O)NCC(=O)O)cc1. The second-order valence-corrected chi connectivity index (χ2v) is 5.07. The Bertz CT molecular complexity index is 620. The van der Waals surface area contributed by atoms with Gasteiger partial charge < -0.3 is 22.4 Å². The van der Waals surface area contributed by atoms with E-state index in [4.69, 9.17) is 10.5 Å². The first-order valence-corrected chi connectivity index (χ1v) is 6.48. The minimum atomic E-state index is -6.00. The third-order valence-corrected chi connectivity index (χ3v) is 3.09. The van der Waals surface area contributed by atoms with Gasteiger partial charge in [-0.1, -0.05) is 0 Å². The van der Waals surface area contributed by atoms with E-state index in [9.17, 15) is 30.5 Å². The molecule has 0 aliphatic heterocycles. The van der Waals surface area contributed by atoms with Crippen LogP contribution in [0.2, 0.25) is 0 Å². The molecule has 1 aromatic rings. The first-order valence-electron chi connectivity index (χ1n) is 4.99. The van der Waals surface area contributed by atoms with Gasteiger partial charge in [-0.15, -0.1) is 0 Å². The van der Waals surface area contributed by atoms with E-state index in [1.807, 2.05) is 4.72 Å². The van der Waals surface area contributed by atoms with E-state index in [1.54, 1.807) is 0 Å². The van der Waals surface area contributed by atoms with Crippen LogP contribution < -0.4 is 4.72 Å². The number of hydrogen-bond acceptors (Lipinski definition) is 4. The van der Waals surface area contributed by atoms with Crippen LogP contribution in [0.5, 0.6) is 0 Å². The van der Waals surface area contributed by atoms with Crippen molar-refractivity contribution in [1.29, 1.82) is 5.39 Å². The molecule has 0 saturated heterocycles. The summed E-state index contributed by atoms with van der Waals surface area (Å²) < 4.78 is 63.8.